The lowest BCUT2D eigenvalue weighted by molar-refractivity contribution is 0.0743. The van der Waals surface area contributed by atoms with E-state index in [9.17, 15) is 9.18 Å². The van der Waals surface area contributed by atoms with Crippen molar-refractivity contribution in [1.82, 2.24) is 9.88 Å². The molecule has 0 unspecified atom stereocenters. The van der Waals surface area contributed by atoms with Gasteiger partial charge < -0.3 is 4.90 Å². The first-order valence-electron chi connectivity index (χ1n) is 6.11. The van der Waals surface area contributed by atoms with Gasteiger partial charge in [-0.05, 0) is 31.2 Å². The molecule has 3 nitrogen and oxygen atoms in total. The lowest BCUT2D eigenvalue weighted by Gasteiger charge is -2.22. The van der Waals surface area contributed by atoms with E-state index in [1.54, 1.807) is 4.90 Å². The first-order chi connectivity index (χ1) is 8.22. The van der Waals surface area contributed by atoms with E-state index in [0.29, 0.717) is 12.5 Å². The van der Waals surface area contributed by atoms with Gasteiger partial charge in [0.25, 0.3) is 5.91 Å². The number of carbonyl (C=O) groups is 1. The molecule has 0 aromatic carbocycles. The zero-order valence-electron chi connectivity index (χ0n) is 10.0. The van der Waals surface area contributed by atoms with Crippen molar-refractivity contribution in [2.75, 3.05) is 13.1 Å². The Morgan fingerprint density at radius 3 is 2.94 bits per heavy atom. The lowest BCUT2D eigenvalue weighted by atomic mass is 10.2. The second-order valence-electron chi connectivity index (χ2n) is 4.55. The van der Waals surface area contributed by atoms with E-state index in [0.717, 1.165) is 19.2 Å². The third kappa shape index (κ3) is 3.02. The maximum atomic E-state index is 13.5. The third-order valence-electron chi connectivity index (χ3n) is 2.96. The molecule has 1 aliphatic carbocycles. The van der Waals surface area contributed by atoms with E-state index in [-0.39, 0.29) is 11.5 Å². The predicted octanol–water partition coefficient (Wildman–Crippen LogP) is 2.48. The minimum absolute atomic E-state index is 0.133. The van der Waals surface area contributed by atoms with Gasteiger partial charge in [-0.25, -0.2) is 4.39 Å². The second-order valence-corrected chi connectivity index (χ2v) is 4.55. The molecule has 0 bridgehead atoms. The first kappa shape index (κ1) is 12.0. The van der Waals surface area contributed by atoms with Crippen LogP contribution in [0.4, 0.5) is 4.39 Å². The number of pyridine rings is 1. The monoisotopic (exact) mass is 236 g/mol. The van der Waals surface area contributed by atoms with E-state index in [1.807, 2.05) is 6.92 Å². The van der Waals surface area contributed by atoms with Crippen LogP contribution in [0.5, 0.6) is 0 Å². The van der Waals surface area contributed by atoms with Crippen LogP contribution in [0, 0.1) is 11.7 Å². The highest BCUT2D eigenvalue weighted by Gasteiger charge is 2.27. The molecule has 0 aliphatic heterocycles. The maximum Gasteiger partial charge on any atom is 0.256 e. The van der Waals surface area contributed by atoms with Crippen LogP contribution in [0.2, 0.25) is 0 Å². The zero-order chi connectivity index (χ0) is 12.3. The molecule has 1 fully saturated rings. The van der Waals surface area contributed by atoms with E-state index in [2.05, 4.69) is 4.98 Å². The largest absolute Gasteiger partial charge is 0.338 e. The highest BCUT2D eigenvalue weighted by Crippen LogP contribution is 2.30. The van der Waals surface area contributed by atoms with Crippen LogP contribution in [0.1, 0.15) is 36.5 Å². The quantitative estimate of drug-likeness (QED) is 0.787. The Hall–Kier alpha value is -1.45. The molecule has 0 N–H and O–H groups in total. The molecule has 17 heavy (non-hydrogen) atoms. The number of amides is 1. The maximum absolute atomic E-state index is 13.5. The van der Waals surface area contributed by atoms with Crippen LogP contribution in [-0.4, -0.2) is 28.9 Å². The fraction of sp³-hybridized carbons (Fsp3) is 0.538. The van der Waals surface area contributed by atoms with Crippen molar-refractivity contribution in [1.29, 1.82) is 0 Å². The van der Waals surface area contributed by atoms with Crippen molar-refractivity contribution in [2.24, 2.45) is 5.92 Å². The SMILES string of the molecule is CCCN(CC1CC1)C(=O)c1ccncc1F. The van der Waals surface area contributed by atoms with E-state index in [4.69, 9.17) is 0 Å². The Morgan fingerprint density at radius 1 is 1.59 bits per heavy atom. The molecule has 1 saturated carbocycles. The van der Waals surface area contributed by atoms with Gasteiger partial charge in [0.2, 0.25) is 0 Å². The fourth-order valence-electron chi connectivity index (χ4n) is 1.88. The summed E-state index contributed by atoms with van der Waals surface area (Å²) in [6, 6.07) is 1.45. The van der Waals surface area contributed by atoms with Crippen LogP contribution in [-0.2, 0) is 0 Å². The normalized spacial score (nSPS) is 14.7. The minimum atomic E-state index is -0.533. The van der Waals surface area contributed by atoms with Crippen molar-refractivity contribution in [3.05, 3.63) is 29.8 Å². The molecule has 1 aliphatic rings. The van der Waals surface area contributed by atoms with Crippen molar-refractivity contribution < 1.29 is 9.18 Å². The topological polar surface area (TPSA) is 33.2 Å². The van der Waals surface area contributed by atoms with Crippen molar-refractivity contribution >= 4 is 5.91 Å². The lowest BCUT2D eigenvalue weighted by Crippen LogP contribution is -2.34. The van der Waals surface area contributed by atoms with Gasteiger partial charge in [0, 0.05) is 19.3 Å². The Morgan fingerprint density at radius 2 is 2.35 bits per heavy atom. The number of aromatic nitrogens is 1. The molecule has 0 atom stereocenters. The van der Waals surface area contributed by atoms with E-state index >= 15 is 0 Å². The van der Waals surface area contributed by atoms with Crippen LogP contribution >= 0.6 is 0 Å². The van der Waals surface area contributed by atoms with Crippen molar-refractivity contribution in [2.45, 2.75) is 26.2 Å². The van der Waals surface area contributed by atoms with Gasteiger partial charge in [0.1, 0.15) is 0 Å². The number of carbonyl (C=O) groups excluding carboxylic acids is 1. The van der Waals surface area contributed by atoms with Crippen LogP contribution in [0.15, 0.2) is 18.5 Å². The molecule has 1 aromatic heterocycles. The van der Waals surface area contributed by atoms with Crippen LogP contribution < -0.4 is 0 Å². The average Bonchev–Trinajstić information content (AvgIpc) is 3.12. The van der Waals surface area contributed by atoms with Gasteiger partial charge in [-0.3, -0.25) is 9.78 Å². The highest BCUT2D eigenvalue weighted by atomic mass is 19.1. The third-order valence-corrected chi connectivity index (χ3v) is 2.96. The summed E-state index contributed by atoms with van der Waals surface area (Å²) in [6.45, 7) is 3.47. The molecule has 0 spiro atoms. The molecule has 0 radical (unpaired) electrons. The molecule has 92 valence electrons. The van der Waals surface area contributed by atoms with Gasteiger partial charge in [-0.2, -0.15) is 0 Å². The Bertz CT molecular complexity index is 404. The molecule has 1 heterocycles. The number of hydrogen-bond acceptors (Lipinski definition) is 2. The summed E-state index contributed by atoms with van der Waals surface area (Å²) < 4.78 is 13.5. The highest BCUT2D eigenvalue weighted by molar-refractivity contribution is 5.94. The number of halogens is 1. The summed E-state index contributed by atoms with van der Waals surface area (Å²) in [7, 11) is 0. The molecule has 0 saturated heterocycles. The van der Waals surface area contributed by atoms with Gasteiger partial charge in [0.15, 0.2) is 5.82 Å². The van der Waals surface area contributed by atoms with E-state index < -0.39 is 5.82 Å². The van der Waals surface area contributed by atoms with Gasteiger partial charge in [-0.1, -0.05) is 6.92 Å². The minimum Gasteiger partial charge on any atom is -0.338 e. The molecule has 1 amide bonds. The van der Waals surface area contributed by atoms with Gasteiger partial charge >= 0.3 is 0 Å². The molecule has 4 heteroatoms. The summed E-state index contributed by atoms with van der Waals surface area (Å²) >= 11 is 0. The number of nitrogens with zero attached hydrogens (tertiary/aromatic N) is 2. The van der Waals surface area contributed by atoms with Crippen molar-refractivity contribution in [3.8, 4) is 0 Å². The summed E-state index contributed by atoms with van der Waals surface area (Å²) in [5.41, 5.74) is 0.133. The first-order valence-corrected chi connectivity index (χ1v) is 6.11. The van der Waals surface area contributed by atoms with Crippen molar-refractivity contribution in [3.63, 3.8) is 0 Å². The Balaban J connectivity index is 2.11. The summed E-state index contributed by atoms with van der Waals surface area (Å²) in [5, 5.41) is 0. The standard InChI is InChI=1S/C13H17FN2O/c1-2-7-16(9-10-3-4-10)13(17)11-5-6-15-8-12(11)14/h5-6,8,10H,2-4,7,9H2,1H3. The average molecular weight is 236 g/mol. The molecule has 2 rings (SSSR count). The predicted molar refractivity (Wildman–Crippen MR) is 63.1 cm³/mol. The van der Waals surface area contributed by atoms with Crippen LogP contribution in [0.25, 0.3) is 0 Å². The summed E-state index contributed by atoms with van der Waals surface area (Å²) in [4.78, 5) is 17.6. The summed E-state index contributed by atoms with van der Waals surface area (Å²) in [5.74, 6) is -0.122. The van der Waals surface area contributed by atoms with Gasteiger partial charge in [0.05, 0.1) is 11.8 Å². The molecular weight excluding hydrogens is 219 g/mol. The number of hydrogen-bond donors (Lipinski definition) is 0. The van der Waals surface area contributed by atoms with Crippen LogP contribution in [0.3, 0.4) is 0 Å². The van der Waals surface area contributed by atoms with Gasteiger partial charge in [-0.15, -0.1) is 0 Å². The zero-order valence-corrected chi connectivity index (χ0v) is 10.0. The molecular formula is C13H17FN2O. The summed E-state index contributed by atoms with van der Waals surface area (Å²) in [6.07, 6.45) is 5.82. The Kier molecular flexibility index (Phi) is 3.71. The smallest absolute Gasteiger partial charge is 0.256 e. The second kappa shape index (κ2) is 5.25. The fourth-order valence-corrected chi connectivity index (χ4v) is 1.88. The van der Waals surface area contributed by atoms with E-state index in [1.165, 1.54) is 25.1 Å². The molecule has 1 aromatic rings. The number of rotatable bonds is 5. The Labute approximate surface area is 101 Å².